The van der Waals surface area contributed by atoms with Crippen molar-refractivity contribution in [2.75, 3.05) is 18.4 Å². The van der Waals surface area contributed by atoms with Crippen LogP contribution in [0.2, 0.25) is 0 Å². The SMILES string of the molecule is CCN(CC)S(=O)(=O)c1cccc(C(=O)Nc2ccc(C)cn2)c1. The summed E-state index contributed by atoms with van der Waals surface area (Å²) in [5.74, 6) is 0.0190. The van der Waals surface area contributed by atoms with Crippen LogP contribution in [0.25, 0.3) is 0 Å². The third-order valence-electron chi connectivity index (χ3n) is 3.59. The van der Waals surface area contributed by atoms with Gasteiger partial charge in [-0.3, -0.25) is 4.79 Å². The molecule has 128 valence electrons. The molecule has 1 amide bonds. The first-order chi connectivity index (χ1) is 11.4. The minimum absolute atomic E-state index is 0.107. The summed E-state index contributed by atoms with van der Waals surface area (Å²) in [6.45, 7) is 6.21. The maximum absolute atomic E-state index is 12.5. The zero-order valence-electron chi connectivity index (χ0n) is 14.0. The van der Waals surface area contributed by atoms with Crippen molar-refractivity contribution in [3.05, 3.63) is 53.7 Å². The summed E-state index contributed by atoms with van der Waals surface area (Å²) < 4.78 is 26.4. The van der Waals surface area contributed by atoms with Crippen molar-refractivity contribution in [3.63, 3.8) is 0 Å². The molecule has 0 saturated heterocycles. The molecule has 0 radical (unpaired) electrons. The first-order valence-electron chi connectivity index (χ1n) is 7.72. The van der Waals surface area contributed by atoms with Gasteiger partial charge in [-0.15, -0.1) is 0 Å². The van der Waals surface area contributed by atoms with Crippen LogP contribution in [0.5, 0.6) is 0 Å². The van der Waals surface area contributed by atoms with Crippen LogP contribution in [0.15, 0.2) is 47.5 Å². The Balaban J connectivity index is 2.26. The predicted octanol–water partition coefficient (Wildman–Crippen LogP) is 2.67. The summed E-state index contributed by atoms with van der Waals surface area (Å²) in [5.41, 5.74) is 1.26. The van der Waals surface area contributed by atoms with Gasteiger partial charge in [-0.1, -0.05) is 26.0 Å². The fraction of sp³-hybridized carbons (Fsp3) is 0.294. The number of rotatable bonds is 6. The molecule has 0 aliphatic heterocycles. The van der Waals surface area contributed by atoms with E-state index in [0.717, 1.165) is 5.56 Å². The van der Waals surface area contributed by atoms with Crippen LogP contribution in [-0.2, 0) is 10.0 Å². The molecule has 2 rings (SSSR count). The maximum Gasteiger partial charge on any atom is 0.256 e. The summed E-state index contributed by atoms with van der Waals surface area (Å²) in [4.78, 5) is 16.5. The molecule has 0 aliphatic carbocycles. The van der Waals surface area contributed by atoms with Gasteiger partial charge in [0.25, 0.3) is 5.91 Å². The van der Waals surface area contributed by atoms with Crippen LogP contribution in [0.4, 0.5) is 5.82 Å². The molecule has 0 unspecified atom stereocenters. The molecule has 0 atom stereocenters. The number of hydrogen-bond donors (Lipinski definition) is 1. The van der Waals surface area contributed by atoms with E-state index < -0.39 is 15.9 Å². The van der Waals surface area contributed by atoms with Gasteiger partial charge < -0.3 is 5.32 Å². The Hall–Kier alpha value is -2.25. The predicted molar refractivity (Wildman–Crippen MR) is 93.5 cm³/mol. The lowest BCUT2D eigenvalue weighted by atomic mass is 10.2. The second kappa shape index (κ2) is 7.55. The number of carbonyl (C=O) groups excluding carboxylic acids is 1. The standard InChI is InChI=1S/C17H21N3O3S/c1-4-20(5-2)24(22,23)15-8-6-7-14(11-15)17(21)19-16-10-9-13(3)12-18-16/h6-12H,4-5H2,1-3H3,(H,18,19,21). The second-order valence-corrected chi connectivity index (χ2v) is 7.23. The van der Waals surface area contributed by atoms with E-state index in [2.05, 4.69) is 10.3 Å². The van der Waals surface area contributed by atoms with Gasteiger partial charge in [-0.2, -0.15) is 4.31 Å². The first kappa shape index (κ1) is 18.1. The molecular weight excluding hydrogens is 326 g/mol. The van der Waals surface area contributed by atoms with Crippen LogP contribution in [0, 0.1) is 6.92 Å². The molecule has 1 aromatic heterocycles. The topological polar surface area (TPSA) is 79.4 Å². The van der Waals surface area contributed by atoms with E-state index in [1.165, 1.54) is 16.4 Å². The molecule has 1 N–H and O–H groups in total. The van der Waals surface area contributed by atoms with E-state index in [0.29, 0.717) is 18.9 Å². The Labute approximate surface area is 142 Å². The van der Waals surface area contributed by atoms with Crippen LogP contribution in [0.1, 0.15) is 29.8 Å². The maximum atomic E-state index is 12.5. The fourth-order valence-corrected chi connectivity index (χ4v) is 3.75. The lowest BCUT2D eigenvalue weighted by Gasteiger charge is -2.18. The number of aryl methyl sites for hydroxylation is 1. The van der Waals surface area contributed by atoms with Crippen LogP contribution < -0.4 is 5.32 Å². The minimum atomic E-state index is -3.60. The van der Waals surface area contributed by atoms with Crippen molar-refractivity contribution < 1.29 is 13.2 Å². The zero-order valence-corrected chi connectivity index (χ0v) is 14.8. The Morgan fingerprint density at radius 2 is 1.88 bits per heavy atom. The largest absolute Gasteiger partial charge is 0.307 e. The molecule has 0 fully saturated rings. The van der Waals surface area contributed by atoms with Crippen LogP contribution >= 0.6 is 0 Å². The number of pyridine rings is 1. The van der Waals surface area contributed by atoms with E-state index in [-0.39, 0.29) is 10.5 Å². The average molecular weight is 347 g/mol. The van der Waals surface area contributed by atoms with Gasteiger partial charge in [-0.05, 0) is 36.8 Å². The first-order valence-corrected chi connectivity index (χ1v) is 9.16. The number of sulfonamides is 1. The number of hydrogen-bond acceptors (Lipinski definition) is 4. The van der Waals surface area contributed by atoms with Gasteiger partial charge in [0.2, 0.25) is 10.0 Å². The Morgan fingerprint density at radius 1 is 1.17 bits per heavy atom. The molecule has 0 spiro atoms. The Kier molecular flexibility index (Phi) is 5.69. The third kappa shape index (κ3) is 3.98. The molecule has 7 heteroatoms. The highest BCUT2D eigenvalue weighted by molar-refractivity contribution is 7.89. The molecule has 0 saturated carbocycles. The molecule has 0 aliphatic rings. The van der Waals surface area contributed by atoms with Crippen LogP contribution in [0.3, 0.4) is 0 Å². The molecule has 0 bridgehead atoms. The number of benzene rings is 1. The Morgan fingerprint density at radius 3 is 2.46 bits per heavy atom. The van der Waals surface area contributed by atoms with Crippen molar-refractivity contribution in [1.82, 2.24) is 9.29 Å². The van der Waals surface area contributed by atoms with E-state index in [4.69, 9.17) is 0 Å². The highest BCUT2D eigenvalue weighted by atomic mass is 32.2. The summed E-state index contributed by atoms with van der Waals surface area (Å²) in [7, 11) is -3.60. The summed E-state index contributed by atoms with van der Waals surface area (Å²) in [6, 6.07) is 9.55. The van der Waals surface area contributed by atoms with Crippen molar-refractivity contribution >= 4 is 21.7 Å². The van der Waals surface area contributed by atoms with Gasteiger partial charge in [0.05, 0.1) is 4.90 Å². The van der Waals surface area contributed by atoms with Crippen molar-refractivity contribution in [1.29, 1.82) is 0 Å². The quantitative estimate of drug-likeness (QED) is 0.871. The number of carbonyl (C=O) groups is 1. The lowest BCUT2D eigenvalue weighted by Crippen LogP contribution is -2.30. The minimum Gasteiger partial charge on any atom is -0.307 e. The molecule has 1 aromatic carbocycles. The number of aromatic nitrogens is 1. The van der Waals surface area contributed by atoms with Gasteiger partial charge in [0.15, 0.2) is 0 Å². The number of amides is 1. The Bertz CT molecular complexity index is 813. The summed E-state index contributed by atoms with van der Waals surface area (Å²) >= 11 is 0. The van der Waals surface area contributed by atoms with Crippen molar-refractivity contribution in [2.24, 2.45) is 0 Å². The molecule has 1 heterocycles. The highest BCUT2D eigenvalue weighted by Crippen LogP contribution is 2.17. The van der Waals surface area contributed by atoms with Gasteiger partial charge in [0, 0.05) is 24.8 Å². The average Bonchev–Trinajstić information content (AvgIpc) is 2.58. The molecule has 6 nitrogen and oxygen atoms in total. The van der Waals surface area contributed by atoms with E-state index in [1.54, 1.807) is 38.2 Å². The van der Waals surface area contributed by atoms with Crippen LogP contribution in [-0.4, -0.2) is 36.7 Å². The smallest absolute Gasteiger partial charge is 0.256 e. The van der Waals surface area contributed by atoms with Gasteiger partial charge >= 0.3 is 0 Å². The number of nitrogens with zero attached hydrogens (tertiary/aromatic N) is 2. The monoisotopic (exact) mass is 347 g/mol. The molecule has 24 heavy (non-hydrogen) atoms. The molecule has 2 aromatic rings. The third-order valence-corrected chi connectivity index (χ3v) is 5.64. The van der Waals surface area contributed by atoms with Gasteiger partial charge in [-0.25, -0.2) is 13.4 Å². The lowest BCUT2D eigenvalue weighted by molar-refractivity contribution is 0.102. The van der Waals surface area contributed by atoms with E-state index in [9.17, 15) is 13.2 Å². The van der Waals surface area contributed by atoms with Crippen molar-refractivity contribution in [2.45, 2.75) is 25.7 Å². The number of anilines is 1. The highest BCUT2D eigenvalue weighted by Gasteiger charge is 2.22. The summed E-state index contributed by atoms with van der Waals surface area (Å²) in [5, 5.41) is 2.66. The van der Waals surface area contributed by atoms with E-state index in [1.807, 2.05) is 13.0 Å². The fourth-order valence-electron chi connectivity index (χ4n) is 2.24. The van der Waals surface area contributed by atoms with E-state index >= 15 is 0 Å². The van der Waals surface area contributed by atoms with Gasteiger partial charge in [0.1, 0.15) is 5.82 Å². The van der Waals surface area contributed by atoms with Crippen molar-refractivity contribution in [3.8, 4) is 0 Å². The zero-order chi connectivity index (χ0) is 17.7. The normalized spacial score (nSPS) is 11.5. The number of nitrogens with one attached hydrogen (secondary N) is 1. The summed E-state index contributed by atoms with van der Waals surface area (Å²) in [6.07, 6.45) is 1.65. The molecular formula is C17H21N3O3S. The second-order valence-electron chi connectivity index (χ2n) is 5.29.